The van der Waals surface area contributed by atoms with Crippen molar-refractivity contribution in [2.75, 3.05) is 0 Å². The van der Waals surface area contributed by atoms with Gasteiger partial charge in [-0.3, -0.25) is 0 Å². The molecule has 0 aliphatic carbocycles. The minimum atomic E-state index is 0.538. The van der Waals surface area contributed by atoms with Crippen molar-refractivity contribution in [2.45, 2.75) is 20.1 Å². The molecule has 0 heterocycles. The van der Waals surface area contributed by atoms with E-state index in [9.17, 15) is 0 Å². The summed E-state index contributed by atoms with van der Waals surface area (Å²) < 4.78 is 5.78. The van der Waals surface area contributed by atoms with Gasteiger partial charge in [0.05, 0.1) is 0 Å². The van der Waals surface area contributed by atoms with Crippen LogP contribution in [0, 0.1) is 6.92 Å². The highest BCUT2D eigenvalue weighted by Crippen LogP contribution is 2.22. The van der Waals surface area contributed by atoms with Crippen LogP contribution in [0.2, 0.25) is 5.02 Å². The lowest BCUT2D eigenvalue weighted by Gasteiger charge is -2.10. The first kappa shape index (κ1) is 12.9. The van der Waals surface area contributed by atoms with Crippen molar-refractivity contribution in [1.29, 1.82) is 0 Å². The lowest BCUT2D eigenvalue weighted by atomic mass is 10.1. The standard InChI is InChI=1S/C15H16ClNO/c1-11-7-14(16)5-6-15(11)18-10-13-4-2-3-12(8-13)9-17/h2-8H,9-10,17H2,1H3. The molecule has 2 N–H and O–H groups in total. The first-order valence-electron chi connectivity index (χ1n) is 5.86. The Morgan fingerprint density at radius 1 is 1.11 bits per heavy atom. The largest absolute Gasteiger partial charge is 0.489 e. The van der Waals surface area contributed by atoms with Crippen LogP contribution in [0.1, 0.15) is 16.7 Å². The number of hydrogen-bond acceptors (Lipinski definition) is 2. The molecule has 0 saturated heterocycles. The molecule has 0 amide bonds. The van der Waals surface area contributed by atoms with Gasteiger partial charge < -0.3 is 10.5 Å². The fourth-order valence-corrected chi connectivity index (χ4v) is 2.01. The van der Waals surface area contributed by atoms with Gasteiger partial charge in [0.1, 0.15) is 12.4 Å². The normalized spacial score (nSPS) is 10.4. The zero-order chi connectivity index (χ0) is 13.0. The number of hydrogen-bond donors (Lipinski definition) is 1. The molecule has 0 aliphatic heterocycles. The molecule has 2 nitrogen and oxygen atoms in total. The smallest absolute Gasteiger partial charge is 0.122 e. The van der Waals surface area contributed by atoms with E-state index in [1.807, 2.05) is 43.3 Å². The number of halogens is 1. The second kappa shape index (κ2) is 5.89. The molecule has 3 heteroatoms. The Morgan fingerprint density at radius 3 is 2.61 bits per heavy atom. The van der Waals surface area contributed by atoms with Gasteiger partial charge in [0, 0.05) is 11.6 Å². The molecule has 2 aromatic carbocycles. The number of benzene rings is 2. The fraction of sp³-hybridized carbons (Fsp3) is 0.200. The summed E-state index contributed by atoms with van der Waals surface area (Å²) in [7, 11) is 0. The van der Waals surface area contributed by atoms with E-state index in [1.54, 1.807) is 0 Å². The molecule has 0 saturated carbocycles. The van der Waals surface area contributed by atoms with Gasteiger partial charge >= 0.3 is 0 Å². The van der Waals surface area contributed by atoms with E-state index in [-0.39, 0.29) is 0 Å². The van der Waals surface area contributed by atoms with Crippen molar-refractivity contribution >= 4 is 11.6 Å². The molecule has 0 radical (unpaired) electrons. The van der Waals surface area contributed by atoms with Gasteiger partial charge in [-0.05, 0) is 41.8 Å². The molecule has 18 heavy (non-hydrogen) atoms. The highest BCUT2D eigenvalue weighted by molar-refractivity contribution is 6.30. The Kier molecular flexibility index (Phi) is 4.24. The first-order valence-corrected chi connectivity index (χ1v) is 6.23. The Balaban J connectivity index is 2.06. The van der Waals surface area contributed by atoms with Crippen LogP contribution in [0.5, 0.6) is 5.75 Å². The van der Waals surface area contributed by atoms with E-state index in [4.69, 9.17) is 22.1 Å². The third kappa shape index (κ3) is 3.25. The third-order valence-corrected chi connectivity index (χ3v) is 2.99. The summed E-state index contributed by atoms with van der Waals surface area (Å²) in [5.41, 5.74) is 8.88. The highest BCUT2D eigenvalue weighted by atomic mass is 35.5. The van der Waals surface area contributed by atoms with Crippen LogP contribution >= 0.6 is 11.6 Å². The van der Waals surface area contributed by atoms with Crippen LogP contribution in [0.15, 0.2) is 42.5 Å². The Hall–Kier alpha value is -1.51. The Bertz CT molecular complexity index is 540. The second-order valence-corrected chi connectivity index (χ2v) is 4.66. The monoisotopic (exact) mass is 261 g/mol. The second-order valence-electron chi connectivity index (χ2n) is 4.22. The molecule has 0 aromatic heterocycles. The molecule has 0 fully saturated rings. The fourth-order valence-electron chi connectivity index (χ4n) is 1.78. The number of rotatable bonds is 4. The first-order chi connectivity index (χ1) is 8.69. The van der Waals surface area contributed by atoms with Crippen LogP contribution in [-0.2, 0) is 13.2 Å². The average Bonchev–Trinajstić information content (AvgIpc) is 2.38. The van der Waals surface area contributed by atoms with Gasteiger partial charge in [0.25, 0.3) is 0 Å². The zero-order valence-corrected chi connectivity index (χ0v) is 11.1. The summed E-state index contributed by atoms with van der Waals surface area (Å²) in [6.07, 6.45) is 0. The van der Waals surface area contributed by atoms with E-state index in [0.29, 0.717) is 13.2 Å². The number of ether oxygens (including phenoxy) is 1. The summed E-state index contributed by atoms with van der Waals surface area (Å²) in [6, 6.07) is 13.7. The van der Waals surface area contributed by atoms with Crippen molar-refractivity contribution in [3.8, 4) is 5.75 Å². The predicted molar refractivity (Wildman–Crippen MR) is 74.9 cm³/mol. The molecule has 2 aromatic rings. The van der Waals surface area contributed by atoms with Crippen molar-refractivity contribution in [1.82, 2.24) is 0 Å². The van der Waals surface area contributed by atoms with E-state index < -0.39 is 0 Å². The summed E-state index contributed by atoms with van der Waals surface area (Å²) in [5.74, 6) is 0.859. The SMILES string of the molecule is Cc1cc(Cl)ccc1OCc1cccc(CN)c1. The molecule has 0 aliphatic rings. The van der Waals surface area contributed by atoms with Crippen LogP contribution in [0.4, 0.5) is 0 Å². The van der Waals surface area contributed by atoms with Crippen LogP contribution in [-0.4, -0.2) is 0 Å². The molecule has 2 rings (SSSR count). The molecule has 94 valence electrons. The van der Waals surface area contributed by atoms with Crippen LogP contribution < -0.4 is 10.5 Å². The summed E-state index contributed by atoms with van der Waals surface area (Å²) in [6.45, 7) is 3.07. The molecular weight excluding hydrogens is 246 g/mol. The van der Waals surface area contributed by atoms with Gasteiger partial charge in [-0.25, -0.2) is 0 Å². The van der Waals surface area contributed by atoms with Gasteiger partial charge in [0.15, 0.2) is 0 Å². The Morgan fingerprint density at radius 2 is 1.89 bits per heavy atom. The maximum atomic E-state index is 5.90. The minimum Gasteiger partial charge on any atom is -0.489 e. The number of aryl methyl sites for hydroxylation is 1. The highest BCUT2D eigenvalue weighted by Gasteiger charge is 2.01. The van der Waals surface area contributed by atoms with E-state index in [2.05, 4.69) is 6.07 Å². The predicted octanol–water partition coefficient (Wildman–Crippen LogP) is 3.69. The summed E-state index contributed by atoms with van der Waals surface area (Å²) >= 11 is 5.90. The lowest BCUT2D eigenvalue weighted by Crippen LogP contribution is -2.00. The summed E-state index contributed by atoms with van der Waals surface area (Å²) in [4.78, 5) is 0. The van der Waals surface area contributed by atoms with Crippen molar-refractivity contribution < 1.29 is 4.74 Å². The zero-order valence-electron chi connectivity index (χ0n) is 10.3. The van der Waals surface area contributed by atoms with Gasteiger partial charge in [0.2, 0.25) is 0 Å². The molecule has 0 unspecified atom stereocenters. The lowest BCUT2D eigenvalue weighted by molar-refractivity contribution is 0.304. The van der Waals surface area contributed by atoms with Gasteiger partial charge in [-0.15, -0.1) is 0 Å². The summed E-state index contributed by atoms with van der Waals surface area (Å²) in [5, 5.41) is 0.727. The van der Waals surface area contributed by atoms with E-state index >= 15 is 0 Å². The molecule has 0 bridgehead atoms. The van der Waals surface area contributed by atoms with Crippen LogP contribution in [0.3, 0.4) is 0 Å². The van der Waals surface area contributed by atoms with Crippen molar-refractivity contribution in [3.63, 3.8) is 0 Å². The van der Waals surface area contributed by atoms with Gasteiger partial charge in [-0.2, -0.15) is 0 Å². The average molecular weight is 262 g/mol. The van der Waals surface area contributed by atoms with Gasteiger partial charge in [-0.1, -0.05) is 35.9 Å². The maximum absolute atomic E-state index is 5.90. The minimum absolute atomic E-state index is 0.538. The molecular formula is C15H16ClNO. The third-order valence-electron chi connectivity index (χ3n) is 2.76. The van der Waals surface area contributed by atoms with Crippen molar-refractivity contribution in [2.24, 2.45) is 5.73 Å². The molecule has 0 atom stereocenters. The quantitative estimate of drug-likeness (QED) is 0.911. The van der Waals surface area contributed by atoms with Crippen LogP contribution in [0.25, 0.3) is 0 Å². The topological polar surface area (TPSA) is 35.2 Å². The van der Waals surface area contributed by atoms with Crippen molar-refractivity contribution in [3.05, 3.63) is 64.2 Å². The van der Waals surface area contributed by atoms with E-state index in [0.717, 1.165) is 27.5 Å². The Labute approximate surface area is 112 Å². The molecule has 0 spiro atoms. The maximum Gasteiger partial charge on any atom is 0.122 e. The van der Waals surface area contributed by atoms with E-state index in [1.165, 1.54) is 0 Å². The number of nitrogens with two attached hydrogens (primary N) is 1.